The Hall–Kier alpha value is -3.42. The number of hydrogen-bond donors (Lipinski definition) is 1. The zero-order chi connectivity index (χ0) is 29.3. The van der Waals surface area contributed by atoms with Gasteiger partial charge in [-0.3, -0.25) is 9.69 Å². The molecule has 42 heavy (non-hydrogen) atoms. The molecule has 7 heteroatoms. The van der Waals surface area contributed by atoms with Crippen molar-refractivity contribution < 1.29 is 14.3 Å². The van der Waals surface area contributed by atoms with Crippen molar-refractivity contribution in [2.24, 2.45) is 0 Å². The maximum atomic E-state index is 13.2. The molecule has 2 unspecified atom stereocenters. The van der Waals surface area contributed by atoms with Crippen molar-refractivity contribution in [3.8, 4) is 17.0 Å². The third-order valence-electron chi connectivity index (χ3n) is 9.17. The molecule has 0 saturated carbocycles. The fraction of sp³-hybridized carbons (Fsp3) is 0.486. The second kappa shape index (κ2) is 12.1. The van der Waals surface area contributed by atoms with E-state index in [0.717, 1.165) is 84.1 Å². The molecule has 0 bridgehead atoms. The van der Waals surface area contributed by atoms with Crippen LogP contribution in [0.2, 0.25) is 0 Å². The minimum Gasteiger partial charge on any atom is -0.492 e. The minimum absolute atomic E-state index is 0.0675. The highest BCUT2D eigenvalue weighted by Gasteiger charge is 2.25. The molecule has 0 spiro atoms. The highest BCUT2D eigenvalue weighted by Crippen LogP contribution is 2.35. The summed E-state index contributed by atoms with van der Waals surface area (Å²) in [7, 11) is 0. The van der Waals surface area contributed by atoms with E-state index in [1.54, 1.807) is 0 Å². The zero-order valence-electron chi connectivity index (χ0n) is 25.5. The number of likely N-dealkylation sites (tertiary alicyclic amines) is 1. The van der Waals surface area contributed by atoms with Crippen LogP contribution in [0.4, 0.5) is 0 Å². The fourth-order valence-corrected chi connectivity index (χ4v) is 6.25. The summed E-state index contributed by atoms with van der Waals surface area (Å²) in [6.07, 6.45) is 6.34. The summed E-state index contributed by atoms with van der Waals surface area (Å²) in [6.45, 7) is 12.1. The summed E-state index contributed by atoms with van der Waals surface area (Å²) in [4.78, 5) is 15.7. The number of amides is 1. The number of carbonyl (C=O) groups is 1. The van der Waals surface area contributed by atoms with Crippen LogP contribution in [0.25, 0.3) is 32.9 Å². The van der Waals surface area contributed by atoms with Gasteiger partial charge in [0.15, 0.2) is 6.23 Å². The van der Waals surface area contributed by atoms with Crippen molar-refractivity contribution in [3.05, 3.63) is 60.2 Å². The van der Waals surface area contributed by atoms with Gasteiger partial charge in [0, 0.05) is 34.7 Å². The van der Waals surface area contributed by atoms with E-state index in [1.807, 2.05) is 36.7 Å². The summed E-state index contributed by atoms with van der Waals surface area (Å²) in [5.74, 6) is 0.843. The Kier molecular flexibility index (Phi) is 8.24. The van der Waals surface area contributed by atoms with E-state index in [1.165, 1.54) is 19.4 Å². The molecule has 0 radical (unpaired) electrons. The molecule has 2 aliphatic heterocycles. The molecule has 2 fully saturated rings. The quantitative estimate of drug-likeness (QED) is 0.229. The first-order valence-electron chi connectivity index (χ1n) is 15.7. The third-order valence-corrected chi connectivity index (χ3v) is 9.17. The third kappa shape index (κ3) is 5.90. The molecular weight excluding hydrogens is 524 g/mol. The topological polar surface area (TPSA) is 68.6 Å². The van der Waals surface area contributed by atoms with Gasteiger partial charge >= 0.3 is 0 Å². The van der Waals surface area contributed by atoms with E-state index in [4.69, 9.17) is 14.6 Å². The number of aromatic nitrogens is 2. The van der Waals surface area contributed by atoms with Crippen molar-refractivity contribution >= 4 is 27.6 Å². The molecule has 222 valence electrons. The normalized spacial score (nSPS) is 19.9. The van der Waals surface area contributed by atoms with Crippen LogP contribution >= 0.6 is 0 Å². The summed E-state index contributed by atoms with van der Waals surface area (Å²) >= 11 is 0. The largest absolute Gasteiger partial charge is 0.492 e. The van der Waals surface area contributed by atoms with E-state index in [0.29, 0.717) is 11.6 Å². The van der Waals surface area contributed by atoms with Gasteiger partial charge in [-0.2, -0.15) is 5.10 Å². The Balaban J connectivity index is 1.33. The van der Waals surface area contributed by atoms with E-state index in [-0.39, 0.29) is 17.7 Å². The number of benzene rings is 3. The van der Waals surface area contributed by atoms with E-state index in [2.05, 4.69) is 60.5 Å². The predicted molar refractivity (Wildman–Crippen MR) is 169 cm³/mol. The van der Waals surface area contributed by atoms with Crippen LogP contribution in [-0.4, -0.2) is 58.5 Å². The molecule has 1 aromatic heterocycles. The lowest BCUT2D eigenvalue weighted by Crippen LogP contribution is -2.42. The Bertz CT molecular complexity index is 1570. The Morgan fingerprint density at radius 3 is 2.64 bits per heavy atom. The van der Waals surface area contributed by atoms with Gasteiger partial charge < -0.3 is 14.8 Å². The lowest BCUT2D eigenvalue weighted by atomic mass is 10.00. The van der Waals surface area contributed by atoms with Crippen LogP contribution in [0.3, 0.4) is 0 Å². The molecule has 2 saturated heterocycles. The smallest absolute Gasteiger partial charge is 0.251 e. The van der Waals surface area contributed by atoms with Crippen LogP contribution in [0.5, 0.6) is 5.75 Å². The van der Waals surface area contributed by atoms with Crippen LogP contribution < -0.4 is 10.1 Å². The van der Waals surface area contributed by atoms with Crippen molar-refractivity contribution in [3.63, 3.8) is 0 Å². The van der Waals surface area contributed by atoms with Crippen LogP contribution in [0.1, 0.15) is 82.8 Å². The molecule has 1 N–H and O–H groups in total. The summed E-state index contributed by atoms with van der Waals surface area (Å²) < 4.78 is 14.4. The first-order valence-corrected chi connectivity index (χ1v) is 15.7. The highest BCUT2D eigenvalue weighted by atomic mass is 16.5. The number of nitrogens with zero attached hydrogens (tertiary/aromatic N) is 3. The van der Waals surface area contributed by atoms with Gasteiger partial charge in [-0.1, -0.05) is 32.0 Å². The molecule has 2 aliphatic rings. The lowest BCUT2D eigenvalue weighted by molar-refractivity contribution is -0.0365. The number of fused-ring (bicyclic) bond motifs is 2. The average Bonchev–Trinajstić information content (AvgIpc) is 3.64. The molecule has 1 amide bonds. The SMILES string of the molecule is CCN1CCCC1COc1ccc2cc(-c3nn(C4CCCCO4)c4ccc(C(=O)NC(C)(C)CC)cc34)ccc2c1. The number of ether oxygens (including phenoxy) is 2. The Labute approximate surface area is 249 Å². The maximum absolute atomic E-state index is 13.2. The first-order chi connectivity index (χ1) is 20.3. The summed E-state index contributed by atoms with van der Waals surface area (Å²) in [5.41, 5.74) is 3.24. The average molecular weight is 569 g/mol. The summed E-state index contributed by atoms with van der Waals surface area (Å²) in [5, 5.41) is 11.5. The van der Waals surface area contributed by atoms with Crippen LogP contribution in [-0.2, 0) is 4.74 Å². The van der Waals surface area contributed by atoms with Crippen molar-refractivity contribution in [2.75, 3.05) is 26.3 Å². The highest BCUT2D eigenvalue weighted by molar-refractivity contribution is 6.02. The molecule has 2 atom stereocenters. The number of nitrogens with one attached hydrogen (secondary N) is 1. The monoisotopic (exact) mass is 568 g/mol. The molecule has 6 rings (SSSR count). The van der Waals surface area contributed by atoms with Crippen LogP contribution in [0.15, 0.2) is 54.6 Å². The second-order valence-corrected chi connectivity index (χ2v) is 12.5. The van der Waals surface area contributed by atoms with Gasteiger partial charge in [-0.25, -0.2) is 4.68 Å². The number of likely N-dealkylation sites (N-methyl/N-ethyl adjacent to an activating group) is 1. The van der Waals surface area contributed by atoms with Gasteiger partial charge in [-0.15, -0.1) is 0 Å². The van der Waals surface area contributed by atoms with Gasteiger partial charge in [-0.05, 0) is 113 Å². The fourth-order valence-electron chi connectivity index (χ4n) is 6.25. The van der Waals surface area contributed by atoms with Crippen molar-refractivity contribution in [1.82, 2.24) is 20.0 Å². The number of carbonyl (C=O) groups excluding carboxylic acids is 1. The lowest BCUT2D eigenvalue weighted by Gasteiger charge is -2.24. The van der Waals surface area contributed by atoms with Gasteiger partial charge in [0.2, 0.25) is 0 Å². The molecule has 0 aliphatic carbocycles. The number of rotatable bonds is 9. The maximum Gasteiger partial charge on any atom is 0.251 e. The zero-order valence-corrected chi connectivity index (χ0v) is 25.5. The minimum atomic E-state index is -0.275. The molecular formula is C35H44N4O3. The van der Waals surface area contributed by atoms with E-state index >= 15 is 0 Å². The molecule has 7 nitrogen and oxygen atoms in total. The molecule has 3 aromatic carbocycles. The summed E-state index contributed by atoms with van der Waals surface area (Å²) in [6, 6.07) is 19.2. The van der Waals surface area contributed by atoms with E-state index < -0.39 is 0 Å². The van der Waals surface area contributed by atoms with Gasteiger partial charge in [0.25, 0.3) is 5.91 Å². The van der Waals surface area contributed by atoms with Gasteiger partial charge in [0.05, 0.1) is 5.52 Å². The van der Waals surface area contributed by atoms with Crippen molar-refractivity contribution in [1.29, 1.82) is 0 Å². The van der Waals surface area contributed by atoms with Gasteiger partial charge in [0.1, 0.15) is 18.1 Å². The Morgan fingerprint density at radius 2 is 1.86 bits per heavy atom. The second-order valence-electron chi connectivity index (χ2n) is 12.5. The predicted octanol–water partition coefficient (Wildman–Crippen LogP) is 7.34. The van der Waals surface area contributed by atoms with Crippen molar-refractivity contribution in [2.45, 2.75) is 84.0 Å². The molecule has 4 aromatic rings. The van der Waals surface area contributed by atoms with E-state index in [9.17, 15) is 4.79 Å². The standard InChI is InChI=1S/C35H44N4O3/c1-5-35(3,4)36-34(40)27-15-17-31-30(22-27)33(37-39(31)32-11-7-8-19-41-32)26-13-12-25-21-29(16-14-24(25)20-26)42-23-28-10-9-18-38(28)6-2/h12-17,20-22,28,32H,5-11,18-19,23H2,1-4H3,(H,36,40). The first kappa shape index (κ1) is 28.7. The van der Waals surface area contributed by atoms with Crippen LogP contribution in [0, 0.1) is 0 Å². The Morgan fingerprint density at radius 1 is 1.02 bits per heavy atom. The number of hydrogen-bond acceptors (Lipinski definition) is 5. The molecule has 3 heterocycles.